The molecule has 160 valence electrons. The van der Waals surface area contributed by atoms with E-state index in [1.165, 1.54) is 26.2 Å². The van der Waals surface area contributed by atoms with E-state index < -0.39 is 24.6 Å². The molecule has 0 bridgehead atoms. The van der Waals surface area contributed by atoms with Gasteiger partial charge in [-0.2, -0.15) is 8.78 Å². The van der Waals surface area contributed by atoms with Crippen LogP contribution in [0.1, 0.15) is 22.8 Å². The molecule has 0 radical (unpaired) electrons. The fourth-order valence-corrected chi connectivity index (χ4v) is 2.65. The van der Waals surface area contributed by atoms with Crippen molar-refractivity contribution in [3.63, 3.8) is 0 Å². The van der Waals surface area contributed by atoms with Gasteiger partial charge >= 0.3 is 12.6 Å². The number of fused-ring (bicyclic) bond motifs is 1. The van der Waals surface area contributed by atoms with Crippen molar-refractivity contribution in [3.8, 4) is 23.0 Å². The van der Waals surface area contributed by atoms with Gasteiger partial charge in [-0.15, -0.1) is 0 Å². The molecular weight excluding hydrogens is 404 g/mol. The van der Waals surface area contributed by atoms with Gasteiger partial charge in [-0.3, -0.25) is 4.79 Å². The van der Waals surface area contributed by atoms with Crippen LogP contribution < -0.4 is 24.3 Å². The van der Waals surface area contributed by atoms with Crippen LogP contribution in [0.25, 0.3) is 0 Å². The standard InChI is InChI=1S/C20H19F2NO7/c1-11(18(24)23-9-12-3-5-14-17(7-12)28-10-27-14)29-19(25)13-4-6-15(30-20(21)22)16(8-13)26-2/h3-8,11,20H,9-10H2,1-2H3,(H,23,24). The summed E-state index contributed by atoms with van der Waals surface area (Å²) >= 11 is 0. The quantitative estimate of drug-likeness (QED) is 0.653. The van der Waals surface area contributed by atoms with Gasteiger partial charge in [0.25, 0.3) is 5.91 Å². The number of hydrogen-bond donors (Lipinski definition) is 1. The highest BCUT2D eigenvalue weighted by atomic mass is 19.3. The molecule has 10 heteroatoms. The van der Waals surface area contributed by atoms with Gasteiger partial charge in [0.2, 0.25) is 6.79 Å². The number of hydrogen-bond acceptors (Lipinski definition) is 7. The van der Waals surface area contributed by atoms with Crippen molar-refractivity contribution in [3.05, 3.63) is 47.5 Å². The Morgan fingerprint density at radius 1 is 1.10 bits per heavy atom. The highest BCUT2D eigenvalue weighted by Crippen LogP contribution is 2.32. The van der Waals surface area contributed by atoms with Crippen LogP contribution >= 0.6 is 0 Å². The maximum absolute atomic E-state index is 12.4. The number of amides is 1. The van der Waals surface area contributed by atoms with Crippen LogP contribution in [0.5, 0.6) is 23.0 Å². The molecule has 1 N–H and O–H groups in total. The van der Waals surface area contributed by atoms with Crippen LogP contribution in [-0.4, -0.2) is 38.5 Å². The largest absolute Gasteiger partial charge is 0.493 e. The second-order valence-electron chi connectivity index (χ2n) is 6.20. The molecule has 0 spiro atoms. The Bertz CT molecular complexity index is 935. The molecular formula is C20H19F2NO7. The van der Waals surface area contributed by atoms with Crippen LogP contribution in [0, 0.1) is 0 Å². The predicted molar refractivity (Wildman–Crippen MR) is 98.9 cm³/mol. The van der Waals surface area contributed by atoms with Gasteiger partial charge in [0.05, 0.1) is 12.7 Å². The first-order chi connectivity index (χ1) is 14.4. The summed E-state index contributed by atoms with van der Waals surface area (Å²) < 4.78 is 49.7. The summed E-state index contributed by atoms with van der Waals surface area (Å²) in [6.45, 7) is -1.27. The molecule has 1 heterocycles. The first-order valence-corrected chi connectivity index (χ1v) is 8.87. The molecule has 1 aliphatic heterocycles. The monoisotopic (exact) mass is 423 g/mol. The molecule has 30 heavy (non-hydrogen) atoms. The molecule has 2 aromatic rings. The number of carbonyl (C=O) groups excluding carboxylic acids is 2. The summed E-state index contributed by atoms with van der Waals surface area (Å²) in [5.41, 5.74) is 0.800. The van der Waals surface area contributed by atoms with Gasteiger partial charge < -0.3 is 29.0 Å². The van der Waals surface area contributed by atoms with Gasteiger partial charge in [-0.25, -0.2) is 4.79 Å². The van der Waals surface area contributed by atoms with Gasteiger partial charge in [0.1, 0.15) is 0 Å². The molecule has 2 aromatic carbocycles. The van der Waals surface area contributed by atoms with Crippen molar-refractivity contribution < 1.29 is 42.1 Å². The number of nitrogens with one attached hydrogen (secondary N) is 1. The molecule has 1 aliphatic rings. The lowest BCUT2D eigenvalue weighted by molar-refractivity contribution is -0.129. The second-order valence-corrected chi connectivity index (χ2v) is 6.20. The van der Waals surface area contributed by atoms with E-state index in [9.17, 15) is 18.4 Å². The van der Waals surface area contributed by atoms with E-state index in [0.717, 1.165) is 11.6 Å². The van der Waals surface area contributed by atoms with Crippen LogP contribution in [0.15, 0.2) is 36.4 Å². The van der Waals surface area contributed by atoms with E-state index in [-0.39, 0.29) is 30.4 Å². The Hall–Kier alpha value is -3.56. The van der Waals surface area contributed by atoms with E-state index in [4.69, 9.17) is 18.9 Å². The van der Waals surface area contributed by atoms with Crippen molar-refractivity contribution >= 4 is 11.9 Å². The predicted octanol–water partition coefficient (Wildman–Crippen LogP) is 2.89. The number of rotatable bonds is 8. The Morgan fingerprint density at radius 3 is 2.60 bits per heavy atom. The summed E-state index contributed by atoms with van der Waals surface area (Å²) in [4.78, 5) is 24.5. The number of alkyl halides is 2. The molecule has 1 atom stereocenters. The van der Waals surface area contributed by atoms with Gasteiger partial charge in [0.15, 0.2) is 29.1 Å². The molecule has 0 aromatic heterocycles. The Labute approximate surface area is 170 Å². The van der Waals surface area contributed by atoms with Crippen LogP contribution in [0.4, 0.5) is 8.78 Å². The first-order valence-electron chi connectivity index (χ1n) is 8.87. The summed E-state index contributed by atoms with van der Waals surface area (Å²) in [6, 6.07) is 8.85. The average Bonchev–Trinajstić information content (AvgIpc) is 3.19. The zero-order chi connectivity index (χ0) is 21.7. The Balaban J connectivity index is 1.56. The minimum atomic E-state index is -3.04. The Morgan fingerprint density at radius 2 is 1.87 bits per heavy atom. The van der Waals surface area contributed by atoms with Crippen molar-refractivity contribution in [1.82, 2.24) is 5.32 Å². The van der Waals surface area contributed by atoms with E-state index in [1.807, 2.05) is 0 Å². The SMILES string of the molecule is COc1cc(C(=O)OC(C)C(=O)NCc2ccc3c(c2)OCO3)ccc1OC(F)F. The third-order valence-corrected chi connectivity index (χ3v) is 4.17. The third-order valence-electron chi connectivity index (χ3n) is 4.17. The summed E-state index contributed by atoms with van der Waals surface area (Å²) in [7, 11) is 1.25. The smallest absolute Gasteiger partial charge is 0.387 e. The minimum absolute atomic E-state index is 0.0175. The van der Waals surface area contributed by atoms with E-state index in [2.05, 4.69) is 10.1 Å². The van der Waals surface area contributed by atoms with Crippen LogP contribution in [-0.2, 0) is 16.1 Å². The van der Waals surface area contributed by atoms with Crippen LogP contribution in [0.2, 0.25) is 0 Å². The topological polar surface area (TPSA) is 92.3 Å². The number of methoxy groups -OCH3 is 1. The third kappa shape index (κ3) is 5.07. The maximum Gasteiger partial charge on any atom is 0.387 e. The lowest BCUT2D eigenvalue weighted by atomic mass is 10.2. The second kappa shape index (κ2) is 9.29. The molecule has 0 aliphatic carbocycles. The van der Waals surface area contributed by atoms with Crippen molar-refractivity contribution in [2.75, 3.05) is 13.9 Å². The number of halogens is 2. The maximum atomic E-state index is 12.4. The Kier molecular flexibility index (Phi) is 6.55. The van der Waals surface area contributed by atoms with Gasteiger partial charge in [0, 0.05) is 6.54 Å². The number of ether oxygens (including phenoxy) is 5. The van der Waals surface area contributed by atoms with Gasteiger partial charge in [-0.1, -0.05) is 6.07 Å². The normalized spacial score (nSPS) is 13.0. The minimum Gasteiger partial charge on any atom is -0.493 e. The van der Waals surface area contributed by atoms with Crippen LogP contribution in [0.3, 0.4) is 0 Å². The van der Waals surface area contributed by atoms with Crippen molar-refractivity contribution in [1.29, 1.82) is 0 Å². The fourth-order valence-electron chi connectivity index (χ4n) is 2.65. The summed E-state index contributed by atoms with van der Waals surface area (Å²) in [5, 5.41) is 2.66. The summed E-state index contributed by atoms with van der Waals surface area (Å²) in [5.74, 6) is -0.390. The van der Waals surface area contributed by atoms with E-state index >= 15 is 0 Å². The average molecular weight is 423 g/mol. The number of benzene rings is 2. The molecule has 0 saturated carbocycles. The summed E-state index contributed by atoms with van der Waals surface area (Å²) in [6.07, 6.45) is -1.09. The van der Waals surface area contributed by atoms with E-state index in [1.54, 1.807) is 18.2 Å². The molecule has 0 saturated heterocycles. The highest BCUT2D eigenvalue weighted by molar-refractivity contribution is 5.92. The zero-order valence-electron chi connectivity index (χ0n) is 16.1. The zero-order valence-corrected chi connectivity index (χ0v) is 16.1. The number of carbonyl (C=O) groups is 2. The van der Waals surface area contributed by atoms with Gasteiger partial charge in [-0.05, 0) is 42.8 Å². The lowest BCUT2D eigenvalue weighted by Gasteiger charge is -2.15. The fraction of sp³-hybridized carbons (Fsp3) is 0.300. The van der Waals surface area contributed by atoms with Crippen molar-refractivity contribution in [2.45, 2.75) is 26.2 Å². The van der Waals surface area contributed by atoms with E-state index in [0.29, 0.717) is 11.5 Å². The number of esters is 1. The lowest BCUT2D eigenvalue weighted by Crippen LogP contribution is -2.35. The first kappa shape index (κ1) is 21.2. The molecule has 3 rings (SSSR count). The van der Waals surface area contributed by atoms with Crippen molar-refractivity contribution in [2.24, 2.45) is 0 Å². The molecule has 8 nitrogen and oxygen atoms in total. The molecule has 0 fully saturated rings. The molecule has 1 amide bonds. The highest BCUT2D eigenvalue weighted by Gasteiger charge is 2.21. The molecule has 1 unspecified atom stereocenters.